The number of phenolic OH excluding ortho intramolecular Hbond substituents is 1. The summed E-state index contributed by atoms with van der Waals surface area (Å²) < 4.78 is 0. The average molecular weight is 312 g/mol. The fraction of sp³-hybridized carbons (Fsp3) is 0.421. The standard InChI is InChI=1S/C19H24N2O2/c20-18(22)6-3-11-21-12-9-15(10-13-21)17-8-7-14-4-1-2-5-16(14)19(17)23/h1-2,4-5,7-8,15,23H,3,6,9-13H2,(H2,20,22). The van der Waals surface area contributed by atoms with Gasteiger partial charge in [0.15, 0.2) is 0 Å². The summed E-state index contributed by atoms with van der Waals surface area (Å²) in [6, 6.07) is 12.1. The molecule has 0 bridgehead atoms. The first-order chi connectivity index (χ1) is 11.1. The smallest absolute Gasteiger partial charge is 0.217 e. The Kier molecular flexibility index (Phi) is 4.82. The molecule has 4 heteroatoms. The number of fused-ring (bicyclic) bond motifs is 1. The first kappa shape index (κ1) is 15.8. The van der Waals surface area contributed by atoms with Gasteiger partial charge in [0.1, 0.15) is 5.75 Å². The van der Waals surface area contributed by atoms with Crippen LogP contribution in [0.2, 0.25) is 0 Å². The van der Waals surface area contributed by atoms with Crippen molar-refractivity contribution < 1.29 is 9.90 Å². The summed E-state index contributed by atoms with van der Waals surface area (Å²) in [6.07, 6.45) is 3.39. The van der Waals surface area contributed by atoms with Crippen molar-refractivity contribution in [2.24, 2.45) is 5.73 Å². The Hall–Kier alpha value is -2.07. The molecule has 0 aromatic heterocycles. The second kappa shape index (κ2) is 7.01. The van der Waals surface area contributed by atoms with Crippen LogP contribution in [0.25, 0.3) is 10.8 Å². The van der Waals surface area contributed by atoms with E-state index in [1.54, 1.807) is 0 Å². The van der Waals surface area contributed by atoms with Crippen molar-refractivity contribution in [2.45, 2.75) is 31.6 Å². The predicted molar refractivity (Wildman–Crippen MR) is 92.5 cm³/mol. The number of piperidine rings is 1. The number of benzene rings is 2. The van der Waals surface area contributed by atoms with E-state index in [0.29, 0.717) is 18.1 Å². The molecule has 3 N–H and O–H groups in total. The lowest BCUT2D eigenvalue weighted by Crippen LogP contribution is -2.34. The zero-order valence-electron chi connectivity index (χ0n) is 13.4. The average Bonchev–Trinajstić information content (AvgIpc) is 2.56. The van der Waals surface area contributed by atoms with Crippen LogP contribution in [0, 0.1) is 0 Å². The minimum absolute atomic E-state index is 0.221. The van der Waals surface area contributed by atoms with Crippen LogP contribution in [0.15, 0.2) is 36.4 Å². The number of likely N-dealkylation sites (tertiary alicyclic amines) is 1. The van der Waals surface area contributed by atoms with Crippen LogP contribution in [-0.4, -0.2) is 35.5 Å². The summed E-state index contributed by atoms with van der Waals surface area (Å²) in [5.74, 6) is 0.628. The molecule has 3 rings (SSSR count). The lowest BCUT2D eigenvalue weighted by atomic mass is 9.87. The minimum Gasteiger partial charge on any atom is -0.507 e. The normalized spacial score (nSPS) is 16.7. The molecule has 1 heterocycles. The Morgan fingerprint density at radius 3 is 2.65 bits per heavy atom. The molecule has 1 aliphatic heterocycles. The maximum Gasteiger partial charge on any atom is 0.217 e. The maximum atomic E-state index is 10.8. The zero-order chi connectivity index (χ0) is 16.2. The lowest BCUT2D eigenvalue weighted by molar-refractivity contribution is -0.118. The van der Waals surface area contributed by atoms with Gasteiger partial charge in [0.2, 0.25) is 5.91 Å². The number of carbonyl (C=O) groups is 1. The number of phenols is 1. The third kappa shape index (κ3) is 3.64. The van der Waals surface area contributed by atoms with Crippen LogP contribution in [0.3, 0.4) is 0 Å². The van der Waals surface area contributed by atoms with Crippen LogP contribution in [0.4, 0.5) is 0 Å². The van der Waals surface area contributed by atoms with Gasteiger partial charge in [-0.2, -0.15) is 0 Å². The van der Waals surface area contributed by atoms with Crippen molar-refractivity contribution in [3.05, 3.63) is 42.0 Å². The van der Waals surface area contributed by atoms with Crippen LogP contribution in [0.5, 0.6) is 5.75 Å². The number of aromatic hydroxyl groups is 1. The van der Waals surface area contributed by atoms with E-state index in [4.69, 9.17) is 5.73 Å². The molecule has 1 fully saturated rings. The van der Waals surface area contributed by atoms with E-state index in [9.17, 15) is 9.90 Å². The van der Waals surface area contributed by atoms with Crippen LogP contribution in [0.1, 0.15) is 37.2 Å². The molecular weight excluding hydrogens is 288 g/mol. The van der Waals surface area contributed by atoms with E-state index in [-0.39, 0.29) is 5.91 Å². The van der Waals surface area contributed by atoms with E-state index >= 15 is 0 Å². The van der Waals surface area contributed by atoms with Gasteiger partial charge in [-0.25, -0.2) is 0 Å². The van der Waals surface area contributed by atoms with Crippen molar-refractivity contribution in [3.8, 4) is 5.75 Å². The van der Waals surface area contributed by atoms with Crippen molar-refractivity contribution in [3.63, 3.8) is 0 Å². The summed E-state index contributed by atoms with van der Waals surface area (Å²) in [5.41, 5.74) is 6.25. The minimum atomic E-state index is -0.221. The lowest BCUT2D eigenvalue weighted by Gasteiger charge is -2.32. The molecular formula is C19H24N2O2. The summed E-state index contributed by atoms with van der Waals surface area (Å²) in [4.78, 5) is 13.2. The molecule has 4 nitrogen and oxygen atoms in total. The fourth-order valence-corrected chi connectivity index (χ4v) is 3.55. The Balaban J connectivity index is 1.64. The highest BCUT2D eigenvalue weighted by Gasteiger charge is 2.23. The highest BCUT2D eigenvalue weighted by molar-refractivity contribution is 5.89. The predicted octanol–water partition coefficient (Wildman–Crippen LogP) is 2.99. The van der Waals surface area contributed by atoms with Gasteiger partial charge < -0.3 is 15.7 Å². The van der Waals surface area contributed by atoms with Gasteiger partial charge in [0, 0.05) is 11.8 Å². The van der Waals surface area contributed by atoms with Crippen LogP contribution in [-0.2, 0) is 4.79 Å². The third-order valence-electron chi connectivity index (χ3n) is 4.86. The summed E-state index contributed by atoms with van der Waals surface area (Å²) in [7, 11) is 0. The number of primary amides is 1. The van der Waals surface area contributed by atoms with E-state index in [1.807, 2.05) is 24.3 Å². The molecule has 122 valence electrons. The Morgan fingerprint density at radius 2 is 1.91 bits per heavy atom. The summed E-state index contributed by atoms with van der Waals surface area (Å²) in [6.45, 7) is 2.95. The highest BCUT2D eigenvalue weighted by atomic mass is 16.3. The third-order valence-corrected chi connectivity index (χ3v) is 4.86. The first-order valence-electron chi connectivity index (χ1n) is 8.36. The number of nitrogens with two attached hydrogens (primary N) is 1. The van der Waals surface area contributed by atoms with E-state index in [1.165, 1.54) is 0 Å². The largest absolute Gasteiger partial charge is 0.507 e. The van der Waals surface area contributed by atoms with Crippen LogP contribution < -0.4 is 5.73 Å². The van der Waals surface area contributed by atoms with E-state index in [0.717, 1.165) is 55.2 Å². The highest BCUT2D eigenvalue weighted by Crippen LogP contribution is 2.38. The second-order valence-corrected chi connectivity index (χ2v) is 6.41. The first-order valence-corrected chi connectivity index (χ1v) is 8.36. The number of nitrogens with zero attached hydrogens (tertiary/aromatic N) is 1. The van der Waals surface area contributed by atoms with Gasteiger partial charge in [-0.1, -0.05) is 36.4 Å². The van der Waals surface area contributed by atoms with Crippen molar-refractivity contribution in [1.82, 2.24) is 4.90 Å². The molecule has 0 unspecified atom stereocenters. The SMILES string of the molecule is NC(=O)CCCN1CCC(c2ccc3ccccc3c2O)CC1. The summed E-state index contributed by atoms with van der Waals surface area (Å²) in [5, 5.41) is 12.6. The molecule has 23 heavy (non-hydrogen) atoms. The molecule has 0 saturated carbocycles. The van der Waals surface area contributed by atoms with Crippen molar-refractivity contribution in [1.29, 1.82) is 0 Å². The molecule has 1 saturated heterocycles. The number of hydrogen-bond donors (Lipinski definition) is 2. The fourth-order valence-electron chi connectivity index (χ4n) is 3.55. The van der Waals surface area contributed by atoms with Gasteiger partial charge in [0.25, 0.3) is 0 Å². The molecule has 1 aliphatic rings. The second-order valence-electron chi connectivity index (χ2n) is 6.41. The molecule has 2 aromatic carbocycles. The maximum absolute atomic E-state index is 10.8. The quantitative estimate of drug-likeness (QED) is 0.892. The Morgan fingerprint density at radius 1 is 1.17 bits per heavy atom. The van der Waals surface area contributed by atoms with Gasteiger partial charge in [-0.15, -0.1) is 0 Å². The van der Waals surface area contributed by atoms with Gasteiger partial charge in [-0.3, -0.25) is 4.79 Å². The molecule has 1 amide bonds. The van der Waals surface area contributed by atoms with Gasteiger partial charge in [-0.05, 0) is 55.8 Å². The topological polar surface area (TPSA) is 66.6 Å². The van der Waals surface area contributed by atoms with E-state index in [2.05, 4.69) is 17.0 Å². The molecule has 2 aromatic rings. The molecule has 0 spiro atoms. The number of carbonyl (C=O) groups excluding carboxylic acids is 1. The molecule has 0 radical (unpaired) electrons. The number of hydrogen-bond acceptors (Lipinski definition) is 3. The van der Waals surface area contributed by atoms with Crippen LogP contribution >= 0.6 is 0 Å². The van der Waals surface area contributed by atoms with Crippen molar-refractivity contribution >= 4 is 16.7 Å². The van der Waals surface area contributed by atoms with Gasteiger partial charge in [0.05, 0.1) is 0 Å². The Labute approximate surface area is 136 Å². The molecule has 0 aliphatic carbocycles. The Bertz CT molecular complexity index is 691. The number of rotatable bonds is 5. The number of amides is 1. The summed E-state index contributed by atoms with van der Waals surface area (Å²) >= 11 is 0. The monoisotopic (exact) mass is 312 g/mol. The van der Waals surface area contributed by atoms with Crippen molar-refractivity contribution in [2.75, 3.05) is 19.6 Å². The van der Waals surface area contributed by atoms with E-state index < -0.39 is 0 Å². The molecule has 0 atom stereocenters. The van der Waals surface area contributed by atoms with Gasteiger partial charge >= 0.3 is 0 Å². The zero-order valence-corrected chi connectivity index (χ0v) is 13.4.